The first-order valence-electron chi connectivity index (χ1n) is 8.96. The summed E-state index contributed by atoms with van der Waals surface area (Å²) in [5.41, 5.74) is 0.706. The van der Waals surface area contributed by atoms with Crippen molar-refractivity contribution < 1.29 is 9.29 Å². The van der Waals surface area contributed by atoms with Crippen LogP contribution in [0.25, 0.3) is 0 Å². The molecule has 1 fully saturated rings. The first-order chi connectivity index (χ1) is 12.7. The summed E-state index contributed by atoms with van der Waals surface area (Å²) < 4.78 is 21.6. The third kappa shape index (κ3) is 5.92. The van der Waals surface area contributed by atoms with Gasteiger partial charge in [0.1, 0.15) is 17.1 Å². The maximum absolute atomic E-state index is 12.9. The molecule has 2 unspecified atom stereocenters. The van der Waals surface area contributed by atoms with Crippen molar-refractivity contribution in [1.29, 1.82) is 0 Å². The number of hydrogen-bond donors (Lipinski definition) is 2. The van der Waals surface area contributed by atoms with Gasteiger partial charge < -0.3 is 14.6 Å². The highest BCUT2D eigenvalue weighted by atomic mass is 35.5. The third-order valence-corrected chi connectivity index (χ3v) is 7.33. The molecule has 4 nitrogen and oxygen atoms in total. The molecule has 0 bridgehead atoms. The average molecular weight is 454 g/mol. The maximum Gasteiger partial charge on any atom is 0.136 e. The van der Waals surface area contributed by atoms with Gasteiger partial charge in [-0.1, -0.05) is 47.5 Å². The topological polar surface area (TPSA) is 56.3 Å². The van der Waals surface area contributed by atoms with Crippen LogP contribution in [0.4, 0.5) is 0 Å². The molecule has 0 amide bonds. The minimum Gasteiger partial charge on any atom is -0.598 e. The van der Waals surface area contributed by atoms with Crippen molar-refractivity contribution in [2.75, 3.05) is 19.7 Å². The second kappa shape index (κ2) is 10.1. The molecule has 2 atom stereocenters. The van der Waals surface area contributed by atoms with E-state index < -0.39 is 16.1 Å². The van der Waals surface area contributed by atoms with Crippen LogP contribution in [-0.4, -0.2) is 29.0 Å². The van der Waals surface area contributed by atoms with E-state index in [0.29, 0.717) is 28.0 Å². The van der Waals surface area contributed by atoms with Gasteiger partial charge in [-0.3, -0.25) is 0 Å². The van der Waals surface area contributed by atoms with E-state index in [4.69, 9.17) is 39.5 Å². The van der Waals surface area contributed by atoms with Gasteiger partial charge in [-0.25, -0.2) is 0 Å². The minimum atomic E-state index is -1.28. The van der Waals surface area contributed by atoms with Gasteiger partial charge in [0.2, 0.25) is 0 Å². The zero-order valence-corrected chi connectivity index (χ0v) is 19.0. The highest BCUT2D eigenvalue weighted by molar-refractivity contribution is 7.90. The third-order valence-electron chi connectivity index (χ3n) is 4.48. The summed E-state index contributed by atoms with van der Waals surface area (Å²) >= 11 is 17.9. The van der Waals surface area contributed by atoms with Gasteiger partial charge >= 0.3 is 0 Å². The SMILES string of the molecule is C=CCOc1cc(Cl)c(Cl)c(Cl)c1C(N[S+]([O-])C(C)(C)C)C1CCNCC1. The molecule has 1 aliphatic heterocycles. The molecule has 0 radical (unpaired) electrons. The first-order valence-corrected chi connectivity index (χ1v) is 11.2. The summed E-state index contributed by atoms with van der Waals surface area (Å²) in [6.45, 7) is 11.6. The molecule has 1 aromatic rings. The van der Waals surface area contributed by atoms with Crippen molar-refractivity contribution in [2.24, 2.45) is 5.92 Å². The smallest absolute Gasteiger partial charge is 0.136 e. The Morgan fingerprint density at radius 2 is 1.96 bits per heavy atom. The van der Waals surface area contributed by atoms with E-state index in [2.05, 4.69) is 16.6 Å². The molecular formula is C19H27Cl3N2O2S. The normalized spacial score (nSPS) is 18.2. The molecule has 2 N–H and O–H groups in total. The molecule has 8 heteroatoms. The Morgan fingerprint density at radius 1 is 1.33 bits per heavy atom. The van der Waals surface area contributed by atoms with Gasteiger partial charge in [0.25, 0.3) is 0 Å². The molecular weight excluding hydrogens is 427 g/mol. The predicted molar refractivity (Wildman–Crippen MR) is 117 cm³/mol. The molecule has 1 aliphatic rings. The van der Waals surface area contributed by atoms with Crippen LogP contribution in [0.15, 0.2) is 18.7 Å². The van der Waals surface area contributed by atoms with Crippen LogP contribution in [0.2, 0.25) is 15.1 Å². The quantitative estimate of drug-likeness (QED) is 0.334. The fourth-order valence-corrected chi connectivity index (χ4v) is 4.61. The van der Waals surface area contributed by atoms with Gasteiger partial charge in [0.05, 0.1) is 21.1 Å². The summed E-state index contributed by atoms with van der Waals surface area (Å²) in [5.74, 6) is 0.773. The van der Waals surface area contributed by atoms with E-state index in [9.17, 15) is 4.55 Å². The van der Waals surface area contributed by atoms with E-state index in [0.717, 1.165) is 25.9 Å². The first kappa shape index (κ1) is 23.1. The number of piperidine rings is 1. The van der Waals surface area contributed by atoms with E-state index >= 15 is 0 Å². The highest BCUT2D eigenvalue weighted by Crippen LogP contribution is 2.45. The second-order valence-corrected chi connectivity index (χ2v) is 10.7. The second-order valence-electron chi connectivity index (χ2n) is 7.56. The Kier molecular flexibility index (Phi) is 8.62. The zero-order chi connectivity index (χ0) is 20.2. The van der Waals surface area contributed by atoms with E-state index in [1.165, 1.54) is 0 Å². The van der Waals surface area contributed by atoms with Crippen LogP contribution in [0.5, 0.6) is 5.75 Å². The fourth-order valence-electron chi connectivity index (χ4n) is 3.01. The van der Waals surface area contributed by atoms with Crippen molar-refractivity contribution in [3.8, 4) is 5.75 Å². The lowest BCUT2D eigenvalue weighted by Gasteiger charge is -2.35. The van der Waals surface area contributed by atoms with E-state index in [1.54, 1.807) is 12.1 Å². The molecule has 2 rings (SSSR count). The average Bonchev–Trinajstić information content (AvgIpc) is 2.63. The van der Waals surface area contributed by atoms with Crippen LogP contribution < -0.4 is 14.8 Å². The fraction of sp³-hybridized carbons (Fsp3) is 0.579. The maximum atomic E-state index is 12.9. The summed E-state index contributed by atoms with van der Waals surface area (Å²) in [5, 5.41) is 4.30. The molecule has 1 saturated heterocycles. The number of benzene rings is 1. The van der Waals surface area contributed by atoms with Crippen LogP contribution in [0, 0.1) is 5.92 Å². The van der Waals surface area contributed by atoms with Crippen molar-refractivity contribution in [3.63, 3.8) is 0 Å². The standard InChI is InChI=1S/C19H27Cl3N2O2S/c1-5-10-26-14-11-13(20)16(21)17(22)15(14)18(12-6-8-23-9-7-12)24-27(25)19(2,3)4/h5,11-12,18,23-24H,1,6-10H2,2-4H3. The largest absolute Gasteiger partial charge is 0.598 e. The molecule has 0 spiro atoms. The summed E-state index contributed by atoms with van der Waals surface area (Å²) in [7, 11) is 0. The molecule has 1 heterocycles. The number of halogens is 3. The number of nitrogens with one attached hydrogen (secondary N) is 2. The minimum absolute atomic E-state index is 0.235. The van der Waals surface area contributed by atoms with E-state index in [1.807, 2.05) is 20.8 Å². The lowest BCUT2D eigenvalue weighted by atomic mass is 9.86. The van der Waals surface area contributed by atoms with Crippen LogP contribution in [-0.2, 0) is 11.4 Å². The number of hydrogen-bond acceptors (Lipinski definition) is 4. The molecule has 152 valence electrons. The Bertz CT molecular complexity index is 661. The van der Waals surface area contributed by atoms with Gasteiger partial charge in [-0.2, -0.15) is 0 Å². The Balaban J connectivity index is 2.52. The van der Waals surface area contributed by atoms with Crippen molar-refractivity contribution in [3.05, 3.63) is 39.4 Å². The van der Waals surface area contributed by atoms with Crippen molar-refractivity contribution in [2.45, 2.75) is 44.4 Å². The molecule has 0 saturated carbocycles. The van der Waals surface area contributed by atoms with Gasteiger partial charge in [-0.05, 0) is 52.6 Å². The summed E-state index contributed by atoms with van der Waals surface area (Å²) in [4.78, 5) is 0. The molecule has 0 aliphatic carbocycles. The lowest BCUT2D eigenvalue weighted by molar-refractivity contribution is 0.292. The monoisotopic (exact) mass is 452 g/mol. The summed E-state index contributed by atoms with van der Waals surface area (Å²) in [6.07, 6.45) is 3.51. The van der Waals surface area contributed by atoms with Gasteiger partial charge in [0.15, 0.2) is 0 Å². The van der Waals surface area contributed by atoms with Gasteiger partial charge in [0, 0.05) is 23.0 Å². The zero-order valence-electron chi connectivity index (χ0n) is 15.9. The van der Waals surface area contributed by atoms with Gasteiger partial charge in [-0.15, -0.1) is 4.72 Å². The molecule has 27 heavy (non-hydrogen) atoms. The van der Waals surface area contributed by atoms with Crippen molar-refractivity contribution >= 4 is 46.2 Å². The number of ether oxygens (including phenoxy) is 1. The molecule has 1 aromatic carbocycles. The predicted octanol–water partition coefficient (Wildman–Crippen LogP) is 5.30. The highest BCUT2D eigenvalue weighted by Gasteiger charge is 2.37. The molecule has 0 aromatic heterocycles. The number of rotatable bonds is 7. The van der Waals surface area contributed by atoms with Crippen LogP contribution >= 0.6 is 34.8 Å². The Hall–Kier alpha value is -0.140. The van der Waals surface area contributed by atoms with Crippen LogP contribution in [0.3, 0.4) is 0 Å². The van der Waals surface area contributed by atoms with Crippen molar-refractivity contribution in [1.82, 2.24) is 10.0 Å². The Morgan fingerprint density at radius 3 is 2.52 bits per heavy atom. The summed E-state index contributed by atoms with van der Waals surface area (Å²) in [6, 6.07) is 1.40. The van der Waals surface area contributed by atoms with Crippen LogP contribution in [0.1, 0.15) is 45.2 Å². The Labute approximate surface area is 180 Å². The van der Waals surface area contributed by atoms with E-state index in [-0.39, 0.29) is 17.0 Å². The lowest BCUT2D eigenvalue weighted by Crippen LogP contribution is -2.45.